The van der Waals surface area contributed by atoms with Gasteiger partial charge >= 0.3 is 0 Å². The number of carbonyl (C=O) groups is 3. The molecule has 0 aliphatic carbocycles. The van der Waals surface area contributed by atoms with Crippen LogP contribution in [-0.2, 0) is 4.79 Å². The summed E-state index contributed by atoms with van der Waals surface area (Å²) >= 11 is 0. The number of methoxy groups -OCH3 is 2. The van der Waals surface area contributed by atoms with Crippen LogP contribution in [0.15, 0.2) is 59.5 Å². The molecule has 33 heavy (non-hydrogen) atoms. The Balaban J connectivity index is 1.90. The van der Waals surface area contributed by atoms with Gasteiger partial charge in [0.1, 0.15) is 23.3 Å². The smallest absolute Gasteiger partial charge is 0.287 e. The van der Waals surface area contributed by atoms with E-state index in [1.54, 1.807) is 62.8 Å². The summed E-state index contributed by atoms with van der Waals surface area (Å²) in [6, 6.07) is 13.7. The zero-order chi connectivity index (χ0) is 23.8. The number of hydrogen-bond donors (Lipinski definition) is 3. The number of nitrogens with zero attached hydrogens (tertiary/aromatic N) is 1. The third-order valence-corrected chi connectivity index (χ3v) is 4.78. The SMILES string of the molecule is COc1ccc(C(NC(=O)c2cnc(C(=O)NCC=O)[nH]c2=O)c2ccc(OC)cc2)cc1. The Morgan fingerprint density at radius 3 is 1.97 bits per heavy atom. The average molecular weight is 450 g/mol. The number of carbonyl (C=O) groups excluding carboxylic acids is 3. The highest BCUT2D eigenvalue weighted by molar-refractivity contribution is 5.95. The summed E-state index contributed by atoms with van der Waals surface area (Å²) in [4.78, 5) is 53.7. The minimum absolute atomic E-state index is 0.226. The predicted octanol–water partition coefficient (Wildman–Crippen LogP) is 1.24. The summed E-state index contributed by atoms with van der Waals surface area (Å²) in [5, 5.41) is 5.09. The molecule has 10 nitrogen and oxygen atoms in total. The number of hydrogen-bond acceptors (Lipinski definition) is 7. The highest BCUT2D eigenvalue weighted by atomic mass is 16.5. The zero-order valence-electron chi connectivity index (χ0n) is 18.0. The lowest BCUT2D eigenvalue weighted by Gasteiger charge is -2.20. The Morgan fingerprint density at radius 1 is 0.970 bits per heavy atom. The molecule has 0 unspecified atom stereocenters. The van der Waals surface area contributed by atoms with E-state index in [1.165, 1.54) is 0 Å². The Bertz CT molecular complexity index is 1140. The maximum Gasteiger partial charge on any atom is 0.287 e. The molecule has 1 heterocycles. The van der Waals surface area contributed by atoms with Crippen molar-refractivity contribution in [2.24, 2.45) is 0 Å². The van der Waals surface area contributed by atoms with Gasteiger partial charge in [0.25, 0.3) is 17.4 Å². The van der Waals surface area contributed by atoms with Crippen LogP contribution >= 0.6 is 0 Å². The summed E-state index contributed by atoms with van der Waals surface area (Å²) in [5.74, 6) is -0.411. The average Bonchev–Trinajstić information content (AvgIpc) is 2.85. The van der Waals surface area contributed by atoms with E-state index in [9.17, 15) is 19.2 Å². The molecule has 0 radical (unpaired) electrons. The molecule has 0 aliphatic rings. The van der Waals surface area contributed by atoms with E-state index in [1.807, 2.05) is 0 Å². The van der Waals surface area contributed by atoms with Gasteiger partial charge in [-0.2, -0.15) is 0 Å². The van der Waals surface area contributed by atoms with Crippen LogP contribution in [0.3, 0.4) is 0 Å². The van der Waals surface area contributed by atoms with E-state index in [4.69, 9.17) is 9.47 Å². The van der Waals surface area contributed by atoms with Gasteiger partial charge in [0.2, 0.25) is 0 Å². The largest absolute Gasteiger partial charge is 0.497 e. The van der Waals surface area contributed by atoms with Crippen molar-refractivity contribution in [2.45, 2.75) is 6.04 Å². The van der Waals surface area contributed by atoms with Crippen molar-refractivity contribution in [3.63, 3.8) is 0 Å². The number of aromatic amines is 1. The molecule has 0 saturated carbocycles. The molecular formula is C23H22N4O6. The fourth-order valence-electron chi connectivity index (χ4n) is 3.05. The van der Waals surface area contributed by atoms with E-state index in [0.717, 1.165) is 17.3 Å². The third kappa shape index (κ3) is 5.62. The first-order chi connectivity index (χ1) is 16.0. The molecule has 1 aromatic heterocycles. The summed E-state index contributed by atoms with van der Waals surface area (Å²) in [6.07, 6.45) is 1.51. The Labute approximate surface area is 189 Å². The maximum absolute atomic E-state index is 13.0. The van der Waals surface area contributed by atoms with Gasteiger partial charge in [-0.15, -0.1) is 0 Å². The summed E-state index contributed by atoms with van der Waals surface area (Å²) in [6.45, 7) is -0.226. The van der Waals surface area contributed by atoms with E-state index in [2.05, 4.69) is 20.6 Å². The number of nitrogens with one attached hydrogen (secondary N) is 3. The zero-order valence-corrected chi connectivity index (χ0v) is 18.0. The summed E-state index contributed by atoms with van der Waals surface area (Å²) in [5.41, 5.74) is 0.447. The van der Waals surface area contributed by atoms with E-state index >= 15 is 0 Å². The van der Waals surface area contributed by atoms with Crippen LogP contribution in [0.1, 0.15) is 38.1 Å². The van der Waals surface area contributed by atoms with Crippen LogP contribution in [0.4, 0.5) is 0 Å². The molecule has 3 aromatic rings. The lowest BCUT2D eigenvalue weighted by atomic mass is 9.98. The molecule has 2 aromatic carbocycles. The fraction of sp³-hybridized carbons (Fsp3) is 0.174. The van der Waals surface area contributed by atoms with Crippen molar-refractivity contribution < 1.29 is 23.9 Å². The van der Waals surface area contributed by atoms with Crippen molar-refractivity contribution >= 4 is 18.1 Å². The third-order valence-electron chi connectivity index (χ3n) is 4.78. The second kappa shape index (κ2) is 10.7. The van der Waals surface area contributed by atoms with Crippen LogP contribution in [-0.4, -0.2) is 48.8 Å². The van der Waals surface area contributed by atoms with Crippen molar-refractivity contribution in [1.82, 2.24) is 20.6 Å². The number of benzene rings is 2. The molecule has 0 fully saturated rings. The second-order valence-corrected chi connectivity index (χ2v) is 6.80. The van der Waals surface area contributed by atoms with Crippen LogP contribution in [0.2, 0.25) is 0 Å². The van der Waals surface area contributed by atoms with Crippen LogP contribution < -0.4 is 25.7 Å². The minimum atomic E-state index is -0.790. The van der Waals surface area contributed by atoms with Gasteiger partial charge in [0, 0.05) is 6.20 Å². The van der Waals surface area contributed by atoms with Gasteiger partial charge in [-0.25, -0.2) is 4.98 Å². The first-order valence-electron chi connectivity index (χ1n) is 9.86. The number of amides is 2. The molecule has 3 N–H and O–H groups in total. The first-order valence-corrected chi connectivity index (χ1v) is 9.86. The molecule has 170 valence electrons. The lowest BCUT2D eigenvalue weighted by Crippen LogP contribution is -2.35. The highest BCUT2D eigenvalue weighted by Gasteiger charge is 2.21. The second-order valence-electron chi connectivity index (χ2n) is 6.80. The number of ether oxygens (including phenoxy) is 2. The maximum atomic E-state index is 13.0. The number of rotatable bonds is 9. The molecule has 3 rings (SSSR count). The van der Waals surface area contributed by atoms with E-state index < -0.39 is 23.4 Å². The van der Waals surface area contributed by atoms with Gasteiger partial charge in [-0.3, -0.25) is 14.4 Å². The molecular weight excluding hydrogens is 428 g/mol. The first kappa shape index (κ1) is 23.2. The van der Waals surface area contributed by atoms with Crippen molar-refractivity contribution in [3.05, 3.63) is 87.6 Å². The normalized spacial score (nSPS) is 10.4. The number of aldehydes is 1. The highest BCUT2D eigenvalue weighted by Crippen LogP contribution is 2.26. The van der Waals surface area contributed by atoms with Gasteiger partial charge in [0.05, 0.1) is 26.8 Å². The Kier molecular flexibility index (Phi) is 7.53. The monoisotopic (exact) mass is 450 g/mol. The van der Waals surface area contributed by atoms with Gasteiger partial charge in [-0.05, 0) is 35.4 Å². The lowest BCUT2D eigenvalue weighted by molar-refractivity contribution is -0.107. The van der Waals surface area contributed by atoms with Crippen LogP contribution in [0.5, 0.6) is 11.5 Å². The quantitative estimate of drug-likeness (QED) is 0.417. The summed E-state index contributed by atoms with van der Waals surface area (Å²) < 4.78 is 10.4. The van der Waals surface area contributed by atoms with Crippen LogP contribution in [0.25, 0.3) is 0 Å². The Morgan fingerprint density at radius 2 is 1.52 bits per heavy atom. The summed E-state index contributed by atoms with van der Waals surface area (Å²) in [7, 11) is 3.11. The minimum Gasteiger partial charge on any atom is -0.497 e. The van der Waals surface area contributed by atoms with Crippen molar-refractivity contribution in [2.75, 3.05) is 20.8 Å². The van der Waals surface area contributed by atoms with Gasteiger partial charge in [-0.1, -0.05) is 24.3 Å². The van der Waals surface area contributed by atoms with Gasteiger partial charge < -0.3 is 29.9 Å². The molecule has 10 heteroatoms. The fourth-order valence-corrected chi connectivity index (χ4v) is 3.05. The van der Waals surface area contributed by atoms with Crippen molar-refractivity contribution in [1.29, 1.82) is 0 Å². The van der Waals surface area contributed by atoms with E-state index in [0.29, 0.717) is 17.8 Å². The molecule has 0 saturated heterocycles. The molecule has 0 atom stereocenters. The molecule has 0 aliphatic heterocycles. The number of aromatic nitrogens is 2. The molecule has 0 spiro atoms. The Hall–Kier alpha value is -4.47. The standard InChI is InChI=1S/C23H22N4O6/c1-32-16-7-3-14(4-8-16)19(15-5-9-17(33-2)10-6-15)26-21(29)18-13-25-20(27-22(18)30)23(31)24-11-12-28/h3-10,12-13,19H,11H2,1-2H3,(H,24,31)(H,26,29)(H,25,27,30). The molecule has 2 amide bonds. The number of H-pyrrole nitrogens is 1. The predicted molar refractivity (Wildman–Crippen MR) is 119 cm³/mol. The van der Waals surface area contributed by atoms with E-state index in [-0.39, 0.29) is 17.9 Å². The van der Waals surface area contributed by atoms with Crippen LogP contribution in [0, 0.1) is 0 Å². The van der Waals surface area contributed by atoms with Crippen molar-refractivity contribution in [3.8, 4) is 11.5 Å². The van der Waals surface area contributed by atoms with Gasteiger partial charge in [0.15, 0.2) is 5.82 Å². The topological polar surface area (TPSA) is 139 Å². The molecule has 0 bridgehead atoms.